The number of nitrogen functional groups attached to an aromatic ring is 1. The molecule has 6 nitrogen and oxygen atoms in total. The number of amides is 1. The van der Waals surface area contributed by atoms with E-state index in [1.165, 1.54) is 0 Å². The van der Waals surface area contributed by atoms with Crippen LogP contribution in [-0.4, -0.2) is 43.3 Å². The smallest absolute Gasteiger partial charge is 0.410 e. The van der Waals surface area contributed by atoms with Crippen LogP contribution in [0.4, 0.5) is 16.2 Å². The molecule has 1 spiro atoms. The number of likely N-dealkylation sites (tertiary alicyclic amines) is 1. The van der Waals surface area contributed by atoms with Crippen molar-refractivity contribution in [2.24, 2.45) is 0 Å². The van der Waals surface area contributed by atoms with Crippen molar-refractivity contribution in [3.63, 3.8) is 0 Å². The van der Waals surface area contributed by atoms with Gasteiger partial charge in [0.05, 0.1) is 18.0 Å². The molecule has 2 heterocycles. The summed E-state index contributed by atoms with van der Waals surface area (Å²) in [6.45, 7) is 7.63. The van der Waals surface area contributed by atoms with Crippen LogP contribution in [-0.2, 0) is 10.2 Å². The molecule has 132 valence electrons. The predicted octanol–water partition coefficient (Wildman–Crippen LogP) is 2.97. The molecule has 6 heteroatoms. The Labute approximate surface area is 143 Å². The fraction of sp³-hybridized carbons (Fsp3) is 0.611. The highest BCUT2D eigenvalue weighted by atomic mass is 16.6. The van der Waals surface area contributed by atoms with Gasteiger partial charge in [-0.2, -0.15) is 0 Å². The van der Waals surface area contributed by atoms with Gasteiger partial charge in [-0.15, -0.1) is 0 Å². The molecule has 0 aromatic heterocycles. The van der Waals surface area contributed by atoms with Crippen LogP contribution < -0.4 is 15.8 Å². The summed E-state index contributed by atoms with van der Waals surface area (Å²) >= 11 is 0. The Morgan fingerprint density at radius 2 is 2.00 bits per heavy atom. The number of ether oxygens (including phenoxy) is 2. The quantitative estimate of drug-likeness (QED) is 0.773. The van der Waals surface area contributed by atoms with E-state index in [2.05, 4.69) is 5.32 Å². The average Bonchev–Trinajstić information content (AvgIpc) is 2.85. The molecule has 1 fully saturated rings. The van der Waals surface area contributed by atoms with E-state index in [0.29, 0.717) is 19.7 Å². The molecule has 0 atom stereocenters. The van der Waals surface area contributed by atoms with Gasteiger partial charge in [0.15, 0.2) is 0 Å². The Hall–Kier alpha value is -2.11. The van der Waals surface area contributed by atoms with Gasteiger partial charge < -0.3 is 25.4 Å². The van der Waals surface area contributed by atoms with Gasteiger partial charge in [-0.05, 0) is 45.7 Å². The van der Waals surface area contributed by atoms with Crippen molar-refractivity contribution in [2.75, 3.05) is 37.8 Å². The van der Waals surface area contributed by atoms with Crippen LogP contribution in [0, 0.1) is 0 Å². The molecule has 0 saturated carbocycles. The number of anilines is 2. The first-order valence-electron chi connectivity index (χ1n) is 8.47. The van der Waals surface area contributed by atoms with Crippen LogP contribution >= 0.6 is 0 Å². The average molecular weight is 333 g/mol. The second-order valence-corrected chi connectivity index (χ2v) is 7.69. The summed E-state index contributed by atoms with van der Waals surface area (Å²) in [7, 11) is 1.88. The van der Waals surface area contributed by atoms with E-state index in [1.54, 1.807) is 4.90 Å². The summed E-state index contributed by atoms with van der Waals surface area (Å²) in [5.74, 6) is 0.902. The van der Waals surface area contributed by atoms with E-state index in [9.17, 15) is 4.79 Å². The largest absolute Gasteiger partial charge is 0.492 e. The minimum Gasteiger partial charge on any atom is -0.492 e. The zero-order valence-electron chi connectivity index (χ0n) is 14.9. The molecule has 1 aromatic carbocycles. The SMILES string of the molecule is CNc1c(N)ccc2c1C1(CCN(C(=O)OC(C)(C)C)CC1)CO2. The van der Waals surface area contributed by atoms with E-state index in [0.717, 1.165) is 35.5 Å². The maximum Gasteiger partial charge on any atom is 0.410 e. The Morgan fingerprint density at radius 1 is 1.33 bits per heavy atom. The highest BCUT2D eigenvalue weighted by Gasteiger charge is 2.46. The minimum atomic E-state index is -0.469. The van der Waals surface area contributed by atoms with Gasteiger partial charge in [0.2, 0.25) is 0 Å². The first-order valence-corrected chi connectivity index (χ1v) is 8.47. The number of piperidine rings is 1. The van der Waals surface area contributed by atoms with Crippen molar-refractivity contribution in [3.05, 3.63) is 17.7 Å². The molecule has 0 bridgehead atoms. The van der Waals surface area contributed by atoms with Crippen molar-refractivity contribution in [3.8, 4) is 5.75 Å². The lowest BCUT2D eigenvalue weighted by Crippen LogP contribution is -2.47. The number of hydrogen-bond donors (Lipinski definition) is 2. The zero-order valence-corrected chi connectivity index (χ0v) is 14.9. The van der Waals surface area contributed by atoms with Gasteiger partial charge >= 0.3 is 6.09 Å². The summed E-state index contributed by atoms with van der Waals surface area (Å²) in [5, 5.41) is 3.22. The van der Waals surface area contributed by atoms with E-state index >= 15 is 0 Å². The number of benzene rings is 1. The second kappa shape index (κ2) is 5.76. The number of nitrogens with two attached hydrogens (primary N) is 1. The van der Waals surface area contributed by atoms with Gasteiger partial charge in [-0.3, -0.25) is 0 Å². The topological polar surface area (TPSA) is 76.8 Å². The Balaban J connectivity index is 1.79. The van der Waals surface area contributed by atoms with Gasteiger partial charge in [0.1, 0.15) is 11.4 Å². The monoisotopic (exact) mass is 333 g/mol. The lowest BCUT2D eigenvalue weighted by molar-refractivity contribution is 0.0153. The lowest BCUT2D eigenvalue weighted by atomic mass is 9.73. The number of nitrogens with one attached hydrogen (secondary N) is 1. The third kappa shape index (κ3) is 2.85. The Kier molecular flexibility index (Phi) is 4.01. The van der Waals surface area contributed by atoms with Crippen LogP contribution in [0.25, 0.3) is 0 Å². The number of carbonyl (C=O) groups is 1. The normalized spacial score (nSPS) is 18.9. The predicted molar refractivity (Wildman–Crippen MR) is 94.6 cm³/mol. The van der Waals surface area contributed by atoms with E-state index < -0.39 is 5.60 Å². The van der Waals surface area contributed by atoms with Crippen molar-refractivity contribution >= 4 is 17.5 Å². The number of hydrogen-bond acceptors (Lipinski definition) is 5. The molecular weight excluding hydrogens is 306 g/mol. The molecular formula is C18H27N3O3. The summed E-state index contributed by atoms with van der Waals surface area (Å²) in [6, 6.07) is 3.82. The summed E-state index contributed by atoms with van der Waals surface area (Å²) in [4.78, 5) is 14.1. The van der Waals surface area contributed by atoms with Crippen molar-refractivity contribution in [1.29, 1.82) is 0 Å². The maximum atomic E-state index is 12.3. The van der Waals surface area contributed by atoms with Crippen LogP contribution in [0.15, 0.2) is 12.1 Å². The maximum absolute atomic E-state index is 12.3. The Morgan fingerprint density at radius 3 is 2.58 bits per heavy atom. The van der Waals surface area contributed by atoms with E-state index in [1.807, 2.05) is 40.0 Å². The molecule has 1 amide bonds. The molecule has 3 N–H and O–H groups in total. The molecule has 3 rings (SSSR count). The fourth-order valence-corrected chi connectivity index (χ4v) is 3.64. The fourth-order valence-electron chi connectivity index (χ4n) is 3.64. The summed E-state index contributed by atoms with van der Waals surface area (Å²) in [6.07, 6.45) is 1.45. The van der Waals surface area contributed by atoms with Gasteiger partial charge in [0.25, 0.3) is 0 Å². The van der Waals surface area contributed by atoms with Gasteiger partial charge in [0, 0.05) is 31.1 Å². The van der Waals surface area contributed by atoms with Crippen LogP contribution in [0.5, 0.6) is 5.75 Å². The van der Waals surface area contributed by atoms with E-state index in [-0.39, 0.29) is 11.5 Å². The number of carbonyl (C=O) groups excluding carboxylic acids is 1. The molecule has 1 aromatic rings. The second-order valence-electron chi connectivity index (χ2n) is 7.69. The molecule has 0 unspecified atom stereocenters. The van der Waals surface area contributed by atoms with Crippen molar-refractivity contribution in [1.82, 2.24) is 4.90 Å². The van der Waals surface area contributed by atoms with Crippen LogP contribution in [0.1, 0.15) is 39.2 Å². The number of rotatable bonds is 1. The van der Waals surface area contributed by atoms with Crippen LogP contribution in [0.2, 0.25) is 0 Å². The first-order chi connectivity index (χ1) is 11.3. The number of fused-ring (bicyclic) bond motifs is 2. The van der Waals surface area contributed by atoms with Gasteiger partial charge in [-0.1, -0.05) is 0 Å². The molecule has 0 radical (unpaired) electrons. The summed E-state index contributed by atoms with van der Waals surface area (Å²) in [5.41, 5.74) is 8.43. The van der Waals surface area contributed by atoms with Gasteiger partial charge in [-0.25, -0.2) is 4.79 Å². The van der Waals surface area contributed by atoms with Crippen molar-refractivity contribution in [2.45, 2.75) is 44.6 Å². The highest BCUT2D eigenvalue weighted by Crippen LogP contribution is 2.50. The standard InChI is InChI=1S/C18H27N3O3/c1-17(2,3)24-16(22)21-9-7-18(8-10-21)11-23-13-6-5-12(19)15(20-4)14(13)18/h5-6,20H,7-11,19H2,1-4H3. The zero-order chi connectivity index (χ0) is 17.5. The van der Waals surface area contributed by atoms with E-state index in [4.69, 9.17) is 15.2 Å². The molecule has 1 saturated heterocycles. The number of nitrogens with zero attached hydrogens (tertiary/aromatic N) is 1. The molecule has 0 aliphatic carbocycles. The van der Waals surface area contributed by atoms with Crippen molar-refractivity contribution < 1.29 is 14.3 Å². The van der Waals surface area contributed by atoms with Crippen LogP contribution in [0.3, 0.4) is 0 Å². The summed E-state index contributed by atoms with van der Waals surface area (Å²) < 4.78 is 11.4. The third-order valence-corrected chi connectivity index (χ3v) is 4.86. The molecule has 2 aliphatic rings. The lowest BCUT2D eigenvalue weighted by Gasteiger charge is -2.39. The first kappa shape index (κ1) is 16.7. The minimum absolute atomic E-state index is 0.0818. The third-order valence-electron chi connectivity index (χ3n) is 4.86. The molecule has 2 aliphatic heterocycles. The molecule has 24 heavy (non-hydrogen) atoms. The Bertz CT molecular complexity index is 644. The highest BCUT2D eigenvalue weighted by molar-refractivity contribution is 5.76.